The van der Waals surface area contributed by atoms with Crippen LogP contribution in [-0.2, 0) is 9.47 Å². The van der Waals surface area contributed by atoms with E-state index in [0.29, 0.717) is 12.2 Å². The Bertz CT molecular complexity index is 161. The van der Waals surface area contributed by atoms with Crippen LogP contribution < -0.4 is 0 Å². The highest BCUT2D eigenvalue weighted by Gasteiger charge is 2.25. The number of epoxide rings is 2. The molecule has 0 aromatic rings. The third-order valence-corrected chi connectivity index (χ3v) is 2.70. The molecule has 4 heteroatoms. The first-order valence-corrected chi connectivity index (χ1v) is 5.34. The predicted octanol–water partition coefficient (Wildman–Crippen LogP) is -0.352. The van der Waals surface area contributed by atoms with Crippen LogP contribution in [0.1, 0.15) is 0 Å². The zero-order chi connectivity index (χ0) is 9.97. The van der Waals surface area contributed by atoms with Crippen molar-refractivity contribution in [2.45, 2.75) is 12.2 Å². The maximum Gasteiger partial charge on any atom is 0.0936 e. The van der Waals surface area contributed by atoms with Crippen molar-refractivity contribution in [3.63, 3.8) is 0 Å². The van der Waals surface area contributed by atoms with Crippen molar-refractivity contribution >= 4 is 0 Å². The molecule has 2 heterocycles. The van der Waals surface area contributed by atoms with Gasteiger partial charge in [0.2, 0.25) is 0 Å². The van der Waals surface area contributed by atoms with Crippen molar-refractivity contribution in [3.05, 3.63) is 0 Å². The number of hydrogen-bond acceptors (Lipinski definition) is 4. The zero-order valence-electron chi connectivity index (χ0n) is 9.11. The topological polar surface area (TPSA) is 31.5 Å². The zero-order valence-corrected chi connectivity index (χ0v) is 9.11. The number of likely N-dealkylation sites (N-methyl/N-ethyl adjacent to an activating group) is 2. The number of ether oxygens (including phenoxy) is 2. The van der Waals surface area contributed by atoms with Crippen LogP contribution in [-0.4, -0.2) is 75.5 Å². The molecule has 0 aromatic heterocycles. The van der Waals surface area contributed by atoms with E-state index < -0.39 is 0 Å². The Morgan fingerprint density at radius 2 is 1.29 bits per heavy atom. The smallest absolute Gasteiger partial charge is 0.0936 e. The molecule has 2 fully saturated rings. The van der Waals surface area contributed by atoms with Gasteiger partial charge in [0.15, 0.2) is 0 Å². The van der Waals surface area contributed by atoms with E-state index in [-0.39, 0.29) is 0 Å². The third kappa shape index (κ3) is 3.92. The lowest BCUT2D eigenvalue weighted by Crippen LogP contribution is -2.34. The number of hydrogen-bond donors (Lipinski definition) is 0. The Hall–Kier alpha value is -0.160. The van der Waals surface area contributed by atoms with E-state index in [1.54, 1.807) is 0 Å². The van der Waals surface area contributed by atoms with Gasteiger partial charge in [-0.25, -0.2) is 0 Å². The maximum absolute atomic E-state index is 5.19. The van der Waals surface area contributed by atoms with Crippen molar-refractivity contribution < 1.29 is 9.47 Å². The highest BCUT2D eigenvalue weighted by atomic mass is 16.6. The molecular weight excluding hydrogens is 180 g/mol. The maximum atomic E-state index is 5.19. The standard InChI is InChI=1S/C10H20N2O2/c1-11(5-9-7-13-9)3-4-12(2)6-10-8-14-10/h9-10H,3-8H2,1-2H3. The largest absolute Gasteiger partial charge is 0.372 e. The quantitative estimate of drug-likeness (QED) is 0.526. The second-order valence-corrected chi connectivity index (χ2v) is 4.44. The van der Waals surface area contributed by atoms with Crippen molar-refractivity contribution in [3.8, 4) is 0 Å². The van der Waals surface area contributed by atoms with Crippen LogP contribution in [0.25, 0.3) is 0 Å². The summed E-state index contributed by atoms with van der Waals surface area (Å²) in [4.78, 5) is 4.67. The van der Waals surface area contributed by atoms with E-state index in [0.717, 1.165) is 39.4 Å². The lowest BCUT2D eigenvalue weighted by Gasteiger charge is -2.20. The Morgan fingerprint density at radius 1 is 0.929 bits per heavy atom. The Morgan fingerprint density at radius 3 is 1.57 bits per heavy atom. The molecule has 2 atom stereocenters. The molecule has 0 aliphatic carbocycles. The minimum atomic E-state index is 0.511. The second-order valence-electron chi connectivity index (χ2n) is 4.44. The van der Waals surface area contributed by atoms with Gasteiger partial charge in [-0.15, -0.1) is 0 Å². The molecule has 0 radical (unpaired) electrons. The van der Waals surface area contributed by atoms with Crippen LogP contribution >= 0.6 is 0 Å². The molecule has 0 bridgehead atoms. The molecule has 14 heavy (non-hydrogen) atoms. The molecule has 0 saturated carbocycles. The molecule has 2 aliphatic heterocycles. The van der Waals surface area contributed by atoms with E-state index in [9.17, 15) is 0 Å². The molecule has 82 valence electrons. The van der Waals surface area contributed by atoms with Crippen molar-refractivity contribution in [2.24, 2.45) is 0 Å². The van der Waals surface area contributed by atoms with Crippen LogP contribution in [0.15, 0.2) is 0 Å². The van der Waals surface area contributed by atoms with Gasteiger partial charge in [-0.3, -0.25) is 0 Å². The second kappa shape index (κ2) is 4.57. The van der Waals surface area contributed by atoms with E-state index in [1.807, 2.05) is 0 Å². The average molecular weight is 200 g/mol. The number of rotatable bonds is 7. The monoisotopic (exact) mass is 200 g/mol. The Kier molecular flexibility index (Phi) is 3.38. The lowest BCUT2D eigenvalue weighted by molar-refractivity contribution is 0.226. The minimum absolute atomic E-state index is 0.511. The SMILES string of the molecule is CN(CCN(C)CC1CO1)CC1CO1. The van der Waals surface area contributed by atoms with Gasteiger partial charge in [0.1, 0.15) is 0 Å². The molecule has 0 aromatic carbocycles. The van der Waals surface area contributed by atoms with Crippen LogP contribution in [0.5, 0.6) is 0 Å². The fourth-order valence-corrected chi connectivity index (χ4v) is 1.57. The van der Waals surface area contributed by atoms with Crippen molar-refractivity contribution in [1.29, 1.82) is 0 Å². The van der Waals surface area contributed by atoms with E-state index in [2.05, 4.69) is 23.9 Å². The van der Waals surface area contributed by atoms with Gasteiger partial charge >= 0.3 is 0 Å². The highest BCUT2D eigenvalue weighted by Crippen LogP contribution is 2.11. The van der Waals surface area contributed by atoms with Crippen molar-refractivity contribution in [2.75, 3.05) is 53.5 Å². The van der Waals surface area contributed by atoms with Gasteiger partial charge in [-0.2, -0.15) is 0 Å². The fourth-order valence-electron chi connectivity index (χ4n) is 1.57. The normalized spacial score (nSPS) is 30.0. The summed E-state index contributed by atoms with van der Waals surface area (Å²) in [5.74, 6) is 0. The number of nitrogens with zero attached hydrogens (tertiary/aromatic N) is 2. The molecule has 2 rings (SSSR count). The molecule has 2 saturated heterocycles. The first-order chi connectivity index (χ1) is 6.74. The van der Waals surface area contributed by atoms with Crippen LogP contribution in [0, 0.1) is 0 Å². The summed E-state index contributed by atoms with van der Waals surface area (Å²) in [6.45, 7) is 6.29. The van der Waals surface area contributed by atoms with Crippen LogP contribution in [0.3, 0.4) is 0 Å². The van der Waals surface area contributed by atoms with E-state index >= 15 is 0 Å². The Labute approximate surface area is 85.8 Å². The summed E-state index contributed by atoms with van der Waals surface area (Å²) in [5.41, 5.74) is 0. The summed E-state index contributed by atoms with van der Waals surface area (Å²) in [6.07, 6.45) is 1.02. The Balaban J connectivity index is 1.50. The minimum Gasteiger partial charge on any atom is -0.372 e. The molecule has 0 amide bonds. The molecule has 2 aliphatic rings. The molecule has 2 unspecified atom stereocenters. The fraction of sp³-hybridized carbons (Fsp3) is 1.00. The van der Waals surface area contributed by atoms with Gasteiger partial charge in [-0.05, 0) is 14.1 Å². The third-order valence-electron chi connectivity index (χ3n) is 2.70. The van der Waals surface area contributed by atoms with Crippen LogP contribution in [0.4, 0.5) is 0 Å². The summed E-state index contributed by atoms with van der Waals surface area (Å²) >= 11 is 0. The predicted molar refractivity (Wildman–Crippen MR) is 54.5 cm³/mol. The first kappa shape index (κ1) is 10.4. The summed E-state index contributed by atoms with van der Waals surface area (Å²) in [7, 11) is 4.31. The highest BCUT2D eigenvalue weighted by molar-refractivity contribution is 4.75. The molecular formula is C10H20N2O2. The summed E-state index contributed by atoms with van der Waals surface area (Å²) in [5, 5.41) is 0. The molecule has 4 nitrogen and oxygen atoms in total. The van der Waals surface area contributed by atoms with Crippen LogP contribution in [0.2, 0.25) is 0 Å². The summed E-state index contributed by atoms with van der Waals surface area (Å²) in [6, 6.07) is 0. The average Bonchev–Trinajstić information content (AvgIpc) is 2.96. The van der Waals surface area contributed by atoms with Gasteiger partial charge in [0, 0.05) is 26.2 Å². The van der Waals surface area contributed by atoms with E-state index in [4.69, 9.17) is 9.47 Å². The van der Waals surface area contributed by atoms with Gasteiger partial charge in [0.05, 0.1) is 25.4 Å². The molecule has 0 spiro atoms. The summed E-state index contributed by atoms with van der Waals surface area (Å²) < 4.78 is 10.4. The first-order valence-electron chi connectivity index (χ1n) is 5.34. The van der Waals surface area contributed by atoms with Gasteiger partial charge in [-0.1, -0.05) is 0 Å². The van der Waals surface area contributed by atoms with E-state index in [1.165, 1.54) is 0 Å². The van der Waals surface area contributed by atoms with Gasteiger partial charge in [0.25, 0.3) is 0 Å². The van der Waals surface area contributed by atoms with Gasteiger partial charge < -0.3 is 19.3 Å². The van der Waals surface area contributed by atoms with Crippen molar-refractivity contribution in [1.82, 2.24) is 9.80 Å². The molecule has 0 N–H and O–H groups in total. The lowest BCUT2D eigenvalue weighted by atomic mass is 10.4.